The minimum Gasteiger partial charge on any atom is -0.490 e. The standard InChI is InChI=1S/C26H26N4O3S/c1-4-7-19-8-5-6-9-22(19)33-15-14-32-20-12-10-18(11-13-20)16-21-23(27)30-26(28-24(21)31)34-25(29-30)17(2)3/h4-6,8-13,16-17,27H,1,7,14-15H2,2-3H3/b21-16-,27-23?. The molecule has 0 aliphatic carbocycles. The molecule has 2 aliphatic rings. The van der Waals surface area contributed by atoms with Crippen LogP contribution in [0.2, 0.25) is 0 Å². The number of hydrogen-bond acceptors (Lipinski definition) is 6. The Bertz CT molecular complexity index is 1200. The average molecular weight is 475 g/mol. The molecule has 1 amide bonds. The van der Waals surface area contributed by atoms with Crippen LogP contribution in [-0.2, 0) is 11.2 Å². The van der Waals surface area contributed by atoms with Crippen LogP contribution in [0.4, 0.5) is 0 Å². The van der Waals surface area contributed by atoms with Crippen LogP contribution in [0.15, 0.2) is 76.9 Å². The zero-order chi connectivity index (χ0) is 24.1. The third-order valence-corrected chi connectivity index (χ3v) is 6.31. The van der Waals surface area contributed by atoms with Gasteiger partial charge in [0.15, 0.2) is 5.84 Å². The molecule has 0 radical (unpaired) electrons. The van der Waals surface area contributed by atoms with E-state index in [4.69, 9.17) is 14.9 Å². The Balaban J connectivity index is 1.35. The minimum absolute atomic E-state index is 0.0346. The van der Waals surface area contributed by atoms with Crippen molar-refractivity contribution in [3.05, 3.63) is 77.9 Å². The van der Waals surface area contributed by atoms with Crippen LogP contribution >= 0.6 is 11.8 Å². The van der Waals surface area contributed by atoms with Gasteiger partial charge in [0.1, 0.15) is 29.8 Å². The maximum absolute atomic E-state index is 12.5. The predicted octanol–water partition coefficient (Wildman–Crippen LogP) is 5.15. The van der Waals surface area contributed by atoms with E-state index in [0.717, 1.165) is 28.3 Å². The fourth-order valence-electron chi connectivity index (χ4n) is 3.35. The number of nitrogens with zero attached hydrogens (tertiary/aromatic N) is 3. The van der Waals surface area contributed by atoms with Gasteiger partial charge in [0.05, 0.1) is 5.57 Å². The molecule has 0 aromatic heterocycles. The Morgan fingerprint density at radius 2 is 1.85 bits per heavy atom. The number of hydrogen-bond donors (Lipinski definition) is 1. The molecule has 2 aromatic rings. The predicted molar refractivity (Wildman–Crippen MR) is 138 cm³/mol. The summed E-state index contributed by atoms with van der Waals surface area (Å²) < 4.78 is 11.6. The number of carbonyl (C=O) groups is 1. The smallest absolute Gasteiger partial charge is 0.283 e. The summed E-state index contributed by atoms with van der Waals surface area (Å²) in [5, 5.41) is 15.6. The monoisotopic (exact) mass is 474 g/mol. The SMILES string of the molecule is C=CCc1ccccc1OCCOc1ccc(/C=C2/C(=N)N3N=C(C(C)C)SC3=NC2=O)cc1. The van der Waals surface area contributed by atoms with E-state index in [9.17, 15) is 4.79 Å². The van der Waals surface area contributed by atoms with Gasteiger partial charge in [-0.05, 0) is 53.6 Å². The number of allylic oxidation sites excluding steroid dienone is 1. The van der Waals surface area contributed by atoms with Gasteiger partial charge in [0.2, 0.25) is 5.17 Å². The van der Waals surface area contributed by atoms with Crippen molar-refractivity contribution in [3.63, 3.8) is 0 Å². The average Bonchev–Trinajstić information content (AvgIpc) is 3.26. The van der Waals surface area contributed by atoms with Crippen molar-refractivity contribution in [1.82, 2.24) is 5.01 Å². The van der Waals surface area contributed by atoms with Crippen LogP contribution in [0.1, 0.15) is 25.0 Å². The number of fused-ring (bicyclic) bond motifs is 1. The van der Waals surface area contributed by atoms with Crippen molar-refractivity contribution in [3.8, 4) is 11.5 Å². The fraction of sp³-hybridized carbons (Fsp3) is 0.231. The molecule has 1 N–H and O–H groups in total. The Labute approximate surface area is 203 Å². The normalized spacial score (nSPS) is 16.4. The van der Waals surface area contributed by atoms with Crippen molar-refractivity contribution >= 4 is 39.8 Å². The molecule has 0 spiro atoms. The first-order valence-electron chi connectivity index (χ1n) is 11.0. The molecule has 0 saturated carbocycles. The highest BCUT2D eigenvalue weighted by Crippen LogP contribution is 2.31. The third-order valence-electron chi connectivity index (χ3n) is 5.10. The van der Waals surface area contributed by atoms with Gasteiger partial charge in [-0.25, -0.2) is 0 Å². The van der Waals surface area contributed by atoms with E-state index >= 15 is 0 Å². The lowest BCUT2D eigenvalue weighted by Gasteiger charge is -2.20. The van der Waals surface area contributed by atoms with E-state index in [-0.39, 0.29) is 17.3 Å². The Morgan fingerprint density at radius 1 is 1.12 bits per heavy atom. The van der Waals surface area contributed by atoms with Crippen LogP contribution < -0.4 is 9.47 Å². The highest BCUT2D eigenvalue weighted by molar-refractivity contribution is 8.27. The zero-order valence-electron chi connectivity index (χ0n) is 19.2. The highest BCUT2D eigenvalue weighted by Gasteiger charge is 2.36. The molecule has 174 valence electrons. The number of hydrazone groups is 1. The number of thioether (sulfide) groups is 1. The quantitative estimate of drug-likeness (QED) is 0.309. The van der Waals surface area contributed by atoms with Crippen molar-refractivity contribution in [2.45, 2.75) is 20.3 Å². The number of amides is 1. The third kappa shape index (κ3) is 5.28. The Morgan fingerprint density at radius 3 is 2.59 bits per heavy atom. The fourth-order valence-corrected chi connectivity index (χ4v) is 4.24. The summed E-state index contributed by atoms with van der Waals surface area (Å²) in [6.07, 6.45) is 4.26. The molecule has 2 aromatic carbocycles. The van der Waals surface area contributed by atoms with Gasteiger partial charge >= 0.3 is 0 Å². The maximum Gasteiger partial charge on any atom is 0.283 e. The van der Waals surface area contributed by atoms with Crippen LogP contribution in [-0.4, -0.2) is 40.2 Å². The molecule has 34 heavy (non-hydrogen) atoms. The van der Waals surface area contributed by atoms with Crippen molar-refractivity contribution < 1.29 is 14.3 Å². The number of nitrogens with one attached hydrogen (secondary N) is 1. The molecule has 4 rings (SSSR count). The van der Waals surface area contributed by atoms with E-state index in [2.05, 4.69) is 16.7 Å². The summed E-state index contributed by atoms with van der Waals surface area (Å²) in [6, 6.07) is 15.2. The molecular formula is C26H26N4O3S. The van der Waals surface area contributed by atoms with E-state index in [1.165, 1.54) is 16.8 Å². The van der Waals surface area contributed by atoms with Crippen LogP contribution in [0, 0.1) is 11.3 Å². The van der Waals surface area contributed by atoms with Gasteiger partial charge in [0.25, 0.3) is 5.91 Å². The molecule has 2 heterocycles. The molecule has 0 atom stereocenters. The first-order valence-corrected chi connectivity index (χ1v) is 11.8. The van der Waals surface area contributed by atoms with E-state index in [1.807, 2.05) is 68.5 Å². The zero-order valence-corrected chi connectivity index (χ0v) is 20.0. The molecule has 7 nitrogen and oxygen atoms in total. The van der Waals surface area contributed by atoms with Gasteiger partial charge in [-0.1, -0.05) is 50.3 Å². The van der Waals surface area contributed by atoms with Gasteiger partial charge in [-0.2, -0.15) is 15.1 Å². The molecule has 8 heteroatoms. The van der Waals surface area contributed by atoms with E-state index in [0.29, 0.717) is 24.1 Å². The first-order chi connectivity index (χ1) is 16.5. The van der Waals surface area contributed by atoms with Gasteiger partial charge in [-0.15, -0.1) is 6.58 Å². The Kier molecular flexibility index (Phi) is 7.27. The maximum atomic E-state index is 12.5. The number of benzene rings is 2. The topological polar surface area (TPSA) is 87.3 Å². The van der Waals surface area contributed by atoms with E-state index < -0.39 is 5.91 Å². The second-order valence-electron chi connectivity index (χ2n) is 7.98. The number of aliphatic imine (C=N–C) groups is 1. The van der Waals surface area contributed by atoms with Crippen LogP contribution in [0.25, 0.3) is 6.08 Å². The van der Waals surface area contributed by atoms with Gasteiger partial charge in [0, 0.05) is 5.92 Å². The molecule has 0 saturated heterocycles. The van der Waals surface area contributed by atoms with E-state index in [1.54, 1.807) is 6.08 Å². The number of para-hydroxylation sites is 1. The summed E-state index contributed by atoms with van der Waals surface area (Å²) >= 11 is 1.34. The molecule has 2 aliphatic heterocycles. The van der Waals surface area contributed by atoms with Gasteiger partial charge < -0.3 is 9.47 Å². The number of carbonyl (C=O) groups excluding carboxylic acids is 1. The van der Waals surface area contributed by atoms with Crippen molar-refractivity contribution in [2.75, 3.05) is 13.2 Å². The lowest BCUT2D eigenvalue weighted by atomic mass is 10.1. The van der Waals surface area contributed by atoms with Crippen molar-refractivity contribution in [2.24, 2.45) is 16.0 Å². The molecule has 0 fully saturated rings. The Hall–Kier alpha value is -3.65. The summed E-state index contributed by atoms with van der Waals surface area (Å²) in [7, 11) is 0. The second kappa shape index (κ2) is 10.5. The largest absolute Gasteiger partial charge is 0.490 e. The summed E-state index contributed by atoms with van der Waals surface area (Å²) in [5.74, 6) is 1.33. The van der Waals surface area contributed by atoms with Crippen LogP contribution in [0.5, 0.6) is 11.5 Å². The highest BCUT2D eigenvalue weighted by atomic mass is 32.2. The minimum atomic E-state index is -0.432. The summed E-state index contributed by atoms with van der Waals surface area (Å²) in [6.45, 7) is 8.63. The molecular weight excluding hydrogens is 448 g/mol. The number of rotatable bonds is 9. The lowest BCUT2D eigenvalue weighted by Crippen LogP contribution is -2.35. The molecule has 0 unspecified atom stereocenters. The number of ether oxygens (including phenoxy) is 2. The summed E-state index contributed by atoms with van der Waals surface area (Å²) in [4.78, 5) is 16.6. The lowest BCUT2D eigenvalue weighted by molar-refractivity contribution is -0.114. The van der Waals surface area contributed by atoms with Crippen molar-refractivity contribution in [1.29, 1.82) is 5.41 Å². The first kappa shape index (κ1) is 23.5. The van der Waals surface area contributed by atoms with Gasteiger partial charge in [-0.3, -0.25) is 10.2 Å². The molecule has 0 bridgehead atoms. The van der Waals surface area contributed by atoms with Crippen LogP contribution in [0.3, 0.4) is 0 Å². The number of amidine groups is 2. The second-order valence-corrected chi connectivity index (χ2v) is 8.97. The summed E-state index contributed by atoms with van der Waals surface area (Å²) in [5.41, 5.74) is 2.07.